The van der Waals surface area contributed by atoms with Crippen molar-refractivity contribution >= 4 is 61.5 Å². The molecule has 0 saturated heterocycles. The molecule has 128 valence electrons. The maximum absolute atomic E-state index is 6.13. The zero-order chi connectivity index (χ0) is 18.1. The number of aromatic nitrogens is 3. The van der Waals surface area contributed by atoms with Crippen LogP contribution in [0, 0.1) is 0 Å². The summed E-state index contributed by atoms with van der Waals surface area (Å²) in [5.41, 5.74) is 2.45. The standard InChI is InChI=1S/C19H11BrCl2N4/c20-12-3-6-17-14(8-12)19(24-13-4-5-15(21)16(22)9-13)26-18(25-17)11-2-1-7-23-10-11/h1-10H,(H,24,25,26). The summed E-state index contributed by atoms with van der Waals surface area (Å²) in [6.07, 6.45) is 3.46. The van der Waals surface area contributed by atoms with E-state index in [1.54, 1.807) is 24.5 Å². The second-order valence-corrected chi connectivity index (χ2v) is 7.28. The fourth-order valence-electron chi connectivity index (χ4n) is 2.53. The van der Waals surface area contributed by atoms with Gasteiger partial charge in [0.25, 0.3) is 0 Å². The Morgan fingerprint density at radius 1 is 0.923 bits per heavy atom. The molecule has 0 aliphatic heterocycles. The molecule has 7 heteroatoms. The lowest BCUT2D eigenvalue weighted by Crippen LogP contribution is -1.99. The molecule has 0 unspecified atom stereocenters. The second kappa shape index (κ2) is 7.19. The Hall–Kier alpha value is -2.21. The molecule has 0 atom stereocenters. The van der Waals surface area contributed by atoms with Crippen LogP contribution in [0.15, 0.2) is 65.4 Å². The third kappa shape index (κ3) is 3.51. The normalized spacial score (nSPS) is 10.9. The molecule has 0 fully saturated rings. The zero-order valence-corrected chi connectivity index (χ0v) is 16.3. The number of hydrogen-bond acceptors (Lipinski definition) is 4. The van der Waals surface area contributed by atoms with E-state index in [4.69, 9.17) is 28.2 Å². The van der Waals surface area contributed by atoms with Gasteiger partial charge in [0.05, 0.1) is 15.6 Å². The van der Waals surface area contributed by atoms with Crippen LogP contribution in [0.3, 0.4) is 0 Å². The lowest BCUT2D eigenvalue weighted by Gasteiger charge is -2.12. The van der Waals surface area contributed by atoms with E-state index in [0.29, 0.717) is 21.7 Å². The number of hydrogen-bond donors (Lipinski definition) is 1. The van der Waals surface area contributed by atoms with Gasteiger partial charge in [-0.2, -0.15) is 0 Å². The smallest absolute Gasteiger partial charge is 0.163 e. The molecule has 2 aromatic carbocycles. The first-order chi connectivity index (χ1) is 12.6. The summed E-state index contributed by atoms with van der Waals surface area (Å²) in [4.78, 5) is 13.5. The van der Waals surface area contributed by atoms with Gasteiger partial charge in [-0.1, -0.05) is 39.1 Å². The molecule has 0 amide bonds. The van der Waals surface area contributed by atoms with E-state index in [-0.39, 0.29) is 0 Å². The molecule has 0 spiro atoms. The summed E-state index contributed by atoms with van der Waals surface area (Å²) in [7, 11) is 0. The van der Waals surface area contributed by atoms with E-state index < -0.39 is 0 Å². The van der Waals surface area contributed by atoms with Gasteiger partial charge in [0.15, 0.2) is 5.82 Å². The Morgan fingerprint density at radius 3 is 2.58 bits per heavy atom. The van der Waals surface area contributed by atoms with E-state index in [1.165, 1.54) is 0 Å². The molecule has 0 saturated carbocycles. The first-order valence-corrected chi connectivity index (χ1v) is 9.25. The zero-order valence-electron chi connectivity index (χ0n) is 13.2. The summed E-state index contributed by atoms with van der Waals surface area (Å²) in [6, 6.07) is 15.0. The van der Waals surface area contributed by atoms with Crippen LogP contribution in [0.2, 0.25) is 10.0 Å². The molecule has 0 aliphatic carbocycles. The Balaban J connectivity index is 1.87. The topological polar surface area (TPSA) is 50.7 Å². The minimum Gasteiger partial charge on any atom is -0.340 e. The van der Waals surface area contributed by atoms with Gasteiger partial charge in [-0.05, 0) is 48.5 Å². The van der Waals surface area contributed by atoms with Crippen LogP contribution >= 0.6 is 39.1 Å². The number of nitrogens with one attached hydrogen (secondary N) is 1. The third-order valence-electron chi connectivity index (χ3n) is 3.76. The van der Waals surface area contributed by atoms with E-state index in [2.05, 4.69) is 31.2 Å². The van der Waals surface area contributed by atoms with Crippen molar-refractivity contribution in [2.75, 3.05) is 5.32 Å². The summed E-state index contributed by atoms with van der Waals surface area (Å²) < 4.78 is 0.944. The lowest BCUT2D eigenvalue weighted by atomic mass is 10.2. The molecule has 2 heterocycles. The summed E-state index contributed by atoms with van der Waals surface area (Å²) in [5, 5.41) is 5.18. The van der Waals surface area contributed by atoms with Gasteiger partial charge in [0, 0.05) is 33.5 Å². The highest BCUT2D eigenvalue weighted by atomic mass is 79.9. The van der Waals surface area contributed by atoms with Crippen molar-refractivity contribution in [1.29, 1.82) is 0 Å². The van der Waals surface area contributed by atoms with Crippen LogP contribution in [0.25, 0.3) is 22.3 Å². The van der Waals surface area contributed by atoms with E-state index >= 15 is 0 Å². The van der Waals surface area contributed by atoms with Crippen molar-refractivity contribution in [1.82, 2.24) is 15.0 Å². The van der Waals surface area contributed by atoms with Gasteiger partial charge in [0.1, 0.15) is 5.82 Å². The van der Waals surface area contributed by atoms with Gasteiger partial charge in [-0.3, -0.25) is 4.98 Å². The van der Waals surface area contributed by atoms with Crippen LogP contribution in [0.4, 0.5) is 11.5 Å². The quantitative estimate of drug-likeness (QED) is 0.390. The SMILES string of the molecule is Clc1ccc(Nc2nc(-c3cccnc3)nc3ccc(Br)cc23)cc1Cl. The molecule has 0 aliphatic rings. The van der Waals surface area contributed by atoms with E-state index in [1.807, 2.05) is 36.4 Å². The largest absolute Gasteiger partial charge is 0.340 e. The van der Waals surface area contributed by atoms with Crippen molar-refractivity contribution in [3.63, 3.8) is 0 Å². The van der Waals surface area contributed by atoms with Crippen molar-refractivity contribution < 1.29 is 0 Å². The predicted molar refractivity (Wildman–Crippen MR) is 110 cm³/mol. The van der Waals surface area contributed by atoms with Crippen molar-refractivity contribution in [3.8, 4) is 11.4 Å². The van der Waals surface area contributed by atoms with Crippen LogP contribution in [0.5, 0.6) is 0 Å². The number of rotatable bonds is 3. The molecule has 0 radical (unpaired) electrons. The molecule has 26 heavy (non-hydrogen) atoms. The second-order valence-electron chi connectivity index (χ2n) is 5.55. The van der Waals surface area contributed by atoms with Crippen molar-refractivity contribution in [3.05, 3.63) is 75.4 Å². The molecule has 1 N–H and O–H groups in total. The number of anilines is 2. The van der Waals surface area contributed by atoms with Gasteiger partial charge >= 0.3 is 0 Å². The van der Waals surface area contributed by atoms with Crippen molar-refractivity contribution in [2.45, 2.75) is 0 Å². The van der Waals surface area contributed by atoms with Crippen molar-refractivity contribution in [2.24, 2.45) is 0 Å². The highest BCUT2D eigenvalue weighted by Crippen LogP contribution is 2.31. The lowest BCUT2D eigenvalue weighted by molar-refractivity contribution is 1.20. The molecular formula is C19H11BrCl2N4. The van der Waals surface area contributed by atoms with E-state index in [0.717, 1.165) is 26.6 Å². The van der Waals surface area contributed by atoms with Gasteiger partial charge < -0.3 is 5.32 Å². The predicted octanol–water partition coefficient (Wildman–Crippen LogP) is 6.50. The fraction of sp³-hybridized carbons (Fsp3) is 0. The first-order valence-electron chi connectivity index (χ1n) is 7.70. The van der Waals surface area contributed by atoms with Crippen LogP contribution in [-0.2, 0) is 0 Å². The van der Waals surface area contributed by atoms with Crippen LogP contribution in [-0.4, -0.2) is 15.0 Å². The maximum atomic E-state index is 6.13. The van der Waals surface area contributed by atoms with Gasteiger partial charge in [-0.25, -0.2) is 9.97 Å². The molecule has 4 aromatic rings. The molecule has 0 bridgehead atoms. The Labute approximate surface area is 168 Å². The minimum absolute atomic E-state index is 0.476. The van der Waals surface area contributed by atoms with E-state index in [9.17, 15) is 0 Å². The Kier molecular flexibility index (Phi) is 4.76. The van der Waals surface area contributed by atoms with Gasteiger partial charge in [-0.15, -0.1) is 0 Å². The summed E-state index contributed by atoms with van der Waals surface area (Å²) in [6.45, 7) is 0. The fourth-order valence-corrected chi connectivity index (χ4v) is 3.19. The number of fused-ring (bicyclic) bond motifs is 1. The molecule has 2 aromatic heterocycles. The molecular weight excluding hydrogens is 435 g/mol. The summed E-state index contributed by atoms with van der Waals surface area (Å²) in [5.74, 6) is 1.27. The molecule has 4 rings (SSSR count). The van der Waals surface area contributed by atoms with Crippen LogP contribution in [0.1, 0.15) is 0 Å². The Bertz CT molecular complexity index is 1100. The number of halogens is 3. The highest BCUT2D eigenvalue weighted by Gasteiger charge is 2.11. The molecule has 4 nitrogen and oxygen atoms in total. The average molecular weight is 446 g/mol. The summed E-state index contributed by atoms with van der Waals surface area (Å²) >= 11 is 15.6. The average Bonchev–Trinajstić information content (AvgIpc) is 2.65. The first kappa shape index (κ1) is 17.2. The van der Waals surface area contributed by atoms with Crippen LogP contribution < -0.4 is 5.32 Å². The number of benzene rings is 2. The number of nitrogens with zero attached hydrogens (tertiary/aromatic N) is 3. The third-order valence-corrected chi connectivity index (χ3v) is 4.99. The minimum atomic E-state index is 0.476. The maximum Gasteiger partial charge on any atom is 0.163 e. The Morgan fingerprint density at radius 2 is 1.81 bits per heavy atom. The monoisotopic (exact) mass is 444 g/mol. The number of pyridine rings is 1. The van der Waals surface area contributed by atoms with Gasteiger partial charge in [0.2, 0.25) is 0 Å². The highest BCUT2D eigenvalue weighted by molar-refractivity contribution is 9.10.